The summed E-state index contributed by atoms with van der Waals surface area (Å²) in [5.74, 6) is -0.502. The predicted molar refractivity (Wildman–Crippen MR) is 127 cm³/mol. The van der Waals surface area contributed by atoms with Gasteiger partial charge < -0.3 is 15.2 Å². The molecule has 3 aromatic carbocycles. The van der Waals surface area contributed by atoms with Crippen LogP contribution in [-0.4, -0.2) is 22.9 Å². The average Bonchev–Trinajstić information content (AvgIpc) is 3.05. The van der Waals surface area contributed by atoms with Gasteiger partial charge in [0.1, 0.15) is 5.69 Å². The fourth-order valence-corrected chi connectivity index (χ4v) is 4.41. The third-order valence-electron chi connectivity index (χ3n) is 5.22. The van der Waals surface area contributed by atoms with E-state index in [4.69, 9.17) is 0 Å². The monoisotopic (exact) mass is 475 g/mol. The van der Waals surface area contributed by atoms with Crippen LogP contribution in [0.2, 0.25) is 0 Å². The number of nitrogens with zero attached hydrogens (tertiary/aromatic N) is 1. The molecule has 0 aliphatic carbocycles. The molecule has 2 N–H and O–H groups in total. The molecule has 0 fully saturated rings. The van der Waals surface area contributed by atoms with E-state index < -0.39 is 0 Å². The van der Waals surface area contributed by atoms with Gasteiger partial charge in [-0.1, -0.05) is 60.7 Å². The van der Waals surface area contributed by atoms with Crippen molar-refractivity contribution in [3.8, 4) is 0 Å². The smallest absolute Gasteiger partial charge is 0.273 e. The molecule has 1 heterocycles. The summed E-state index contributed by atoms with van der Waals surface area (Å²) < 4.78 is 2.57. The maximum absolute atomic E-state index is 13.1. The number of nitrogens with one attached hydrogen (secondary N) is 2. The van der Waals surface area contributed by atoms with Gasteiger partial charge in [0.15, 0.2) is 0 Å². The van der Waals surface area contributed by atoms with Gasteiger partial charge in [-0.15, -0.1) is 0 Å². The van der Waals surface area contributed by atoms with Crippen molar-refractivity contribution in [1.29, 1.82) is 0 Å². The highest BCUT2D eigenvalue weighted by Gasteiger charge is 2.21. The molecule has 156 valence electrons. The summed E-state index contributed by atoms with van der Waals surface area (Å²) in [6.07, 6.45) is 0.740. The summed E-state index contributed by atoms with van der Waals surface area (Å²) in [6, 6.07) is 24.8. The van der Waals surface area contributed by atoms with Gasteiger partial charge in [0, 0.05) is 24.5 Å². The highest BCUT2D eigenvalue weighted by Crippen LogP contribution is 2.31. The molecule has 0 atom stereocenters. The van der Waals surface area contributed by atoms with E-state index in [1.165, 1.54) is 0 Å². The number of amides is 2. The Morgan fingerprint density at radius 3 is 2.32 bits per heavy atom. The second-order valence-electron chi connectivity index (χ2n) is 7.23. The number of aryl methyl sites for hydroxylation is 1. The summed E-state index contributed by atoms with van der Waals surface area (Å²) in [6.45, 7) is 0.514. The number of hydrogen-bond acceptors (Lipinski definition) is 2. The van der Waals surface area contributed by atoms with Gasteiger partial charge in [0.2, 0.25) is 0 Å². The van der Waals surface area contributed by atoms with Crippen molar-refractivity contribution in [3.63, 3.8) is 0 Å². The Hall–Kier alpha value is -3.38. The highest BCUT2D eigenvalue weighted by atomic mass is 79.9. The van der Waals surface area contributed by atoms with Crippen LogP contribution in [0.1, 0.15) is 26.4 Å². The quantitative estimate of drug-likeness (QED) is 0.404. The Balaban J connectivity index is 1.51. The Morgan fingerprint density at radius 1 is 0.871 bits per heavy atom. The minimum Gasteiger partial charge on any atom is -0.352 e. The Morgan fingerprint density at radius 2 is 1.55 bits per heavy atom. The van der Waals surface area contributed by atoms with Crippen molar-refractivity contribution < 1.29 is 9.59 Å². The minimum absolute atomic E-state index is 0.220. The van der Waals surface area contributed by atoms with Crippen LogP contribution in [0.3, 0.4) is 0 Å². The van der Waals surface area contributed by atoms with Crippen LogP contribution in [0.5, 0.6) is 0 Å². The summed E-state index contributed by atoms with van der Waals surface area (Å²) in [5, 5.41) is 6.81. The van der Waals surface area contributed by atoms with Crippen molar-refractivity contribution in [3.05, 3.63) is 100 Å². The van der Waals surface area contributed by atoms with Crippen LogP contribution in [0.25, 0.3) is 10.9 Å². The van der Waals surface area contributed by atoms with Crippen molar-refractivity contribution in [1.82, 2.24) is 9.88 Å². The molecule has 0 aliphatic rings. The van der Waals surface area contributed by atoms with Gasteiger partial charge in [-0.25, -0.2) is 0 Å². The Kier molecular flexibility index (Phi) is 6.18. The van der Waals surface area contributed by atoms with E-state index in [1.807, 2.05) is 66.2 Å². The van der Waals surface area contributed by atoms with Gasteiger partial charge in [-0.2, -0.15) is 0 Å². The topological polar surface area (TPSA) is 63.1 Å². The highest BCUT2D eigenvalue weighted by molar-refractivity contribution is 9.10. The van der Waals surface area contributed by atoms with E-state index in [9.17, 15) is 9.59 Å². The zero-order valence-corrected chi connectivity index (χ0v) is 18.6. The third-order valence-corrected chi connectivity index (χ3v) is 6.02. The second kappa shape index (κ2) is 9.18. The SMILES string of the molecule is Cn1c(C(=O)Nc2ccccc2C(=O)NCCc2ccccc2)c(Br)c2ccccc21. The molecule has 0 radical (unpaired) electrons. The van der Waals surface area contributed by atoms with E-state index >= 15 is 0 Å². The molecule has 31 heavy (non-hydrogen) atoms. The van der Waals surface area contributed by atoms with Crippen molar-refractivity contribution in [2.75, 3.05) is 11.9 Å². The van der Waals surface area contributed by atoms with E-state index in [0.29, 0.717) is 23.5 Å². The first-order chi connectivity index (χ1) is 15.1. The number of benzene rings is 3. The number of halogens is 1. The van der Waals surface area contributed by atoms with Crippen molar-refractivity contribution >= 4 is 44.3 Å². The maximum Gasteiger partial charge on any atom is 0.273 e. The van der Waals surface area contributed by atoms with E-state index in [1.54, 1.807) is 24.3 Å². The fraction of sp³-hybridized carbons (Fsp3) is 0.120. The summed E-state index contributed by atoms with van der Waals surface area (Å²) in [7, 11) is 1.85. The molecular formula is C25H22BrN3O2. The van der Waals surface area contributed by atoms with Gasteiger partial charge in [-0.3, -0.25) is 9.59 Å². The second-order valence-corrected chi connectivity index (χ2v) is 8.02. The average molecular weight is 476 g/mol. The molecule has 0 unspecified atom stereocenters. The van der Waals surface area contributed by atoms with Gasteiger partial charge in [-0.05, 0) is 46.1 Å². The number of hydrogen-bond donors (Lipinski definition) is 2. The first-order valence-corrected chi connectivity index (χ1v) is 10.8. The van der Waals surface area contributed by atoms with Gasteiger partial charge in [0.25, 0.3) is 11.8 Å². The molecule has 2 amide bonds. The number of carbonyl (C=O) groups excluding carboxylic acids is 2. The minimum atomic E-state index is -0.282. The number of carbonyl (C=O) groups is 2. The number of anilines is 1. The molecule has 0 saturated heterocycles. The normalized spacial score (nSPS) is 10.8. The van der Waals surface area contributed by atoms with Gasteiger partial charge in [0.05, 0.1) is 15.7 Å². The van der Waals surface area contributed by atoms with Crippen LogP contribution < -0.4 is 10.6 Å². The Bertz CT molecular complexity index is 1210. The zero-order chi connectivity index (χ0) is 21.8. The number of aromatic nitrogens is 1. The van der Waals surface area contributed by atoms with Crippen molar-refractivity contribution in [2.24, 2.45) is 7.05 Å². The lowest BCUT2D eigenvalue weighted by Crippen LogP contribution is -2.27. The largest absolute Gasteiger partial charge is 0.352 e. The lowest BCUT2D eigenvalue weighted by molar-refractivity contribution is 0.0955. The van der Waals surface area contributed by atoms with E-state index in [-0.39, 0.29) is 11.8 Å². The van der Waals surface area contributed by atoms with E-state index in [2.05, 4.69) is 26.6 Å². The molecular weight excluding hydrogens is 454 g/mol. The first-order valence-electron chi connectivity index (χ1n) is 10.0. The molecule has 6 heteroatoms. The molecule has 0 saturated carbocycles. The van der Waals surface area contributed by atoms with Crippen LogP contribution in [0.4, 0.5) is 5.69 Å². The number of fused-ring (bicyclic) bond motifs is 1. The lowest BCUT2D eigenvalue weighted by Gasteiger charge is -2.12. The Labute approximate surface area is 189 Å². The van der Waals surface area contributed by atoms with Crippen LogP contribution in [0.15, 0.2) is 83.3 Å². The van der Waals surface area contributed by atoms with Crippen LogP contribution in [-0.2, 0) is 13.5 Å². The zero-order valence-electron chi connectivity index (χ0n) is 17.1. The van der Waals surface area contributed by atoms with Crippen LogP contribution >= 0.6 is 15.9 Å². The molecule has 5 nitrogen and oxygen atoms in total. The van der Waals surface area contributed by atoms with E-state index in [0.717, 1.165) is 27.4 Å². The maximum atomic E-state index is 13.1. The summed E-state index contributed by atoms with van der Waals surface area (Å²) >= 11 is 3.56. The predicted octanol–water partition coefficient (Wildman–Crippen LogP) is 5.17. The summed E-state index contributed by atoms with van der Waals surface area (Å²) in [5.41, 5.74) is 3.51. The molecule has 0 spiro atoms. The molecule has 1 aromatic heterocycles. The van der Waals surface area contributed by atoms with Crippen molar-refractivity contribution in [2.45, 2.75) is 6.42 Å². The summed E-state index contributed by atoms with van der Waals surface area (Å²) in [4.78, 5) is 25.9. The molecule has 4 rings (SSSR count). The lowest BCUT2D eigenvalue weighted by atomic mass is 10.1. The standard InChI is InChI=1S/C25H22BrN3O2/c1-29-21-14-8-6-12-19(21)22(26)23(29)25(31)28-20-13-7-5-11-18(20)24(30)27-16-15-17-9-3-2-4-10-17/h2-14H,15-16H2,1H3,(H,27,30)(H,28,31). The number of rotatable bonds is 6. The first kappa shape index (κ1) is 20.9. The third kappa shape index (κ3) is 4.39. The molecule has 0 bridgehead atoms. The van der Waals surface area contributed by atoms with Gasteiger partial charge >= 0.3 is 0 Å². The fourth-order valence-electron chi connectivity index (χ4n) is 3.63. The molecule has 4 aromatic rings. The number of para-hydroxylation sites is 2. The van der Waals surface area contributed by atoms with Crippen LogP contribution in [0, 0.1) is 0 Å². The molecule has 0 aliphatic heterocycles.